The zero-order valence-corrected chi connectivity index (χ0v) is 13.6. The summed E-state index contributed by atoms with van der Waals surface area (Å²) < 4.78 is 6.32. The molecular formula is C16H12BrClN2O. The summed E-state index contributed by atoms with van der Waals surface area (Å²) in [6.07, 6.45) is 0. The second-order valence-electron chi connectivity index (χ2n) is 4.77. The van der Waals surface area contributed by atoms with Gasteiger partial charge in [0.05, 0.1) is 5.56 Å². The molecule has 3 aromatic rings. The van der Waals surface area contributed by atoms with Crippen molar-refractivity contribution in [3.63, 3.8) is 0 Å². The molecule has 106 valence electrons. The van der Waals surface area contributed by atoms with E-state index in [0.717, 1.165) is 26.7 Å². The Morgan fingerprint density at radius 1 is 1.19 bits per heavy atom. The molecule has 1 heterocycles. The number of hydrogen-bond acceptors (Lipinski definition) is 3. The third-order valence-corrected chi connectivity index (χ3v) is 4.12. The van der Waals surface area contributed by atoms with Gasteiger partial charge < -0.3 is 10.3 Å². The number of anilines is 1. The highest BCUT2D eigenvalue weighted by molar-refractivity contribution is 9.10. The number of nitrogen functional groups attached to an aromatic ring is 1. The van der Waals surface area contributed by atoms with Crippen molar-refractivity contribution in [3.05, 3.63) is 57.5 Å². The van der Waals surface area contributed by atoms with Crippen LogP contribution in [0, 0.1) is 6.92 Å². The highest BCUT2D eigenvalue weighted by atomic mass is 79.9. The molecule has 3 nitrogen and oxygen atoms in total. The Kier molecular flexibility index (Phi) is 3.74. The number of benzene rings is 2. The first kappa shape index (κ1) is 14.2. The van der Waals surface area contributed by atoms with E-state index >= 15 is 0 Å². The van der Waals surface area contributed by atoms with Gasteiger partial charge in [-0.2, -0.15) is 0 Å². The van der Waals surface area contributed by atoms with E-state index in [9.17, 15) is 0 Å². The van der Waals surface area contributed by atoms with Gasteiger partial charge in [-0.15, -0.1) is 0 Å². The van der Waals surface area contributed by atoms with E-state index in [1.54, 1.807) is 6.07 Å². The molecule has 0 aliphatic heterocycles. The van der Waals surface area contributed by atoms with Crippen LogP contribution in [0.25, 0.3) is 22.5 Å². The van der Waals surface area contributed by atoms with Crippen molar-refractivity contribution >= 4 is 33.3 Å². The van der Waals surface area contributed by atoms with Crippen molar-refractivity contribution in [3.8, 4) is 22.5 Å². The fraction of sp³-hybridized carbons (Fsp3) is 0.0625. The van der Waals surface area contributed by atoms with Gasteiger partial charge in [0.2, 0.25) is 0 Å². The lowest BCUT2D eigenvalue weighted by molar-refractivity contribution is 0.436. The second kappa shape index (κ2) is 5.54. The maximum absolute atomic E-state index is 6.08. The monoisotopic (exact) mass is 362 g/mol. The molecule has 2 aromatic carbocycles. The molecule has 0 amide bonds. The van der Waals surface area contributed by atoms with E-state index < -0.39 is 0 Å². The Balaban J connectivity index is 2.24. The van der Waals surface area contributed by atoms with Gasteiger partial charge in [0.15, 0.2) is 11.6 Å². The number of halogens is 2. The molecule has 5 heteroatoms. The summed E-state index contributed by atoms with van der Waals surface area (Å²) in [4.78, 5) is 0. The molecule has 0 atom stereocenters. The van der Waals surface area contributed by atoms with Gasteiger partial charge in [0, 0.05) is 15.1 Å². The first-order valence-electron chi connectivity index (χ1n) is 6.34. The molecule has 0 radical (unpaired) electrons. The highest BCUT2D eigenvalue weighted by Crippen LogP contribution is 2.40. The van der Waals surface area contributed by atoms with Crippen LogP contribution in [0.15, 0.2) is 51.5 Å². The molecule has 0 aliphatic carbocycles. The van der Waals surface area contributed by atoms with Crippen molar-refractivity contribution in [2.75, 3.05) is 5.73 Å². The Morgan fingerprint density at radius 2 is 2.00 bits per heavy atom. The zero-order valence-electron chi connectivity index (χ0n) is 11.2. The summed E-state index contributed by atoms with van der Waals surface area (Å²) in [5, 5.41) is 4.53. The SMILES string of the molecule is Cc1cccc(-c2c(N)noc2-c2cc(Cl)ccc2Br)c1. The van der Waals surface area contributed by atoms with E-state index in [2.05, 4.69) is 21.1 Å². The molecule has 3 rings (SSSR count). The predicted octanol–water partition coefficient (Wildman–Crippen LogP) is 5.32. The van der Waals surface area contributed by atoms with Crippen LogP contribution in [0.1, 0.15) is 5.56 Å². The first-order valence-corrected chi connectivity index (χ1v) is 7.51. The van der Waals surface area contributed by atoms with Gasteiger partial charge in [-0.25, -0.2) is 0 Å². The number of hydrogen-bond donors (Lipinski definition) is 1. The molecule has 21 heavy (non-hydrogen) atoms. The van der Waals surface area contributed by atoms with Crippen LogP contribution < -0.4 is 5.73 Å². The lowest BCUT2D eigenvalue weighted by Gasteiger charge is -2.06. The van der Waals surface area contributed by atoms with Gasteiger partial charge in [0.25, 0.3) is 0 Å². The summed E-state index contributed by atoms with van der Waals surface area (Å²) in [6, 6.07) is 13.5. The van der Waals surface area contributed by atoms with Crippen molar-refractivity contribution in [1.29, 1.82) is 0 Å². The Labute approximate surface area is 135 Å². The van der Waals surface area contributed by atoms with E-state index in [1.165, 1.54) is 0 Å². The number of aromatic nitrogens is 1. The number of nitrogens with two attached hydrogens (primary N) is 1. The molecule has 2 N–H and O–H groups in total. The molecule has 1 aromatic heterocycles. The smallest absolute Gasteiger partial charge is 0.178 e. The standard InChI is InChI=1S/C16H12BrClN2O/c1-9-3-2-4-10(7-9)14-15(21-20-16(14)19)12-8-11(18)5-6-13(12)17/h2-8H,1H3,(H2,19,20). The first-order chi connectivity index (χ1) is 10.1. The van der Waals surface area contributed by atoms with Gasteiger partial charge in [-0.05, 0) is 30.7 Å². The lowest BCUT2D eigenvalue weighted by atomic mass is 10.00. The molecule has 0 aliphatic rings. The molecule has 0 saturated carbocycles. The maximum atomic E-state index is 6.08. The summed E-state index contributed by atoms with van der Waals surface area (Å²) in [5.74, 6) is 0.968. The van der Waals surface area contributed by atoms with E-state index in [0.29, 0.717) is 16.6 Å². The van der Waals surface area contributed by atoms with Crippen molar-refractivity contribution in [2.45, 2.75) is 6.92 Å². The molecule has 0 saturated heterocycles. The average Bonchev–Trinajstić information content (AvgIpc) is 2.83. The van der Waals surface area contributed by atoms with E-state index in [-0.39, 0.29) is 0 Å². The molecule has 0 fully saturated rings. The third kappa shape index (κ3) is 2.69. The highest BCUT2D eigenvalue weighted by Gasteiger charge is 2.19. The number of nitrogens with zero attached hydrogens (tertiary/aromatic N) is 1. The van der Waals surface area contributed by atoms with Crippen LogP contribution in [0.3, 0.4) is 0 Å². The maximum Gasteiger partial charge on any atom is 0.178 e. The molecular weight excluding hydrogens is 352 g/mol. The van der Waals surface area contributed by atoms with Crippen LogP contribution in [0.5, 0.6) is 0 Å². The zero-order chi connectivity index (χ0) is 15.0. The largest absolute Gasteiger partial charge is 0.380 e. The van der Waals surface area contributed by atoms with E-state index in [1.807, 2.05) is 43.3 Å². The van der Waals surface area contributed by atoms with Crippen LogP contribution >= 0.6 is 27.5 Å². The van der Waals surface area contributed by atoms with Crippen molar-refractivity contribution in [1.82, 2.24) is 5.16 Å². The predicted molar refractivity (Wildman–Crippen MR) is 89.2 cm³/mol. The summed E-state index contributed by atoms with van der Waals surface area (Å²) in [6.45, 7) is 2.03. The minimum Gasteiger partial charge on any atom is -0.380 e. The Morgan fingerprint density at radius 3 is 2.76 bits per heavy atom. The lowest BCUT2D eigenvalue weighted by Crippen LogP contribution is -1.89. The van der Waals surface area contributed by atoms with Crippen molar-refractivity contribution in [2.24, 2.45) is 0 Å². The topological polar surface area (TPSA) is 52.0 Å². The van der Waals surface area contributed by atoms with Gasteiger partial charge in [0.1, 0.15) is 0 Å². The third-order valence-electron chi connectivity index (χ3n) is 3.20. The number of aryl methyl sites for hydroxylation is 1. The molecule has 0 spiro atoms. The van der Waals surface area contributed by atoms with Crippen LogP contribution in [-0.4, -0.2) is 5.16 Å². The fourth-order valence-corrected chi connectivity index (χ4v) is 2.84. The van der Waals surface area contributed by atoms with Crippen LogP contribution in [-0.2, 0) is 0 Å². The fourth-order valence-electron chi connectivity index (χ4n) is 2.24. The molecule has 0 bridgehead atoms. The average molecular weight is 364 g/mol. The number of rotatable bonds is 2. The molecule has 0 unspecified atom stereocenters. The van der Waals surface area contributed by atoms with E-state index in [4.69, 9.17) is 21.9 Å². The van der Waals surface area contributed by atoms with Crippen LogP contribution in [0.4, 0.5) is 5.82 Å². The summed E-state index contributed by atoms with van der Waals surface area (Å²) >= 11 is 9.59. The van der Waals surface area contributed by atoms with Gasteiger partial charge >= 0.3 is 0 Å². The van der Waals surface area contributed by atoms with Crippen molar-refractivity contribution < 1.29 is 4.52 Å². The van der Waals surface area contributed by atoms with Gasteiger partial charge in [-0.3, -0.25) is 0 Å². The van der Waals surface area contributed by atoms with Crippen LogP contribution in [0.2, 0.25) is 5.02 Å². The summed E-state index contributed by atoms with van der Waals surface area (Å²) in [5.41, 5.74) is 9.71. The normalized spacial score (nSPS) is 10.8. The van der Waals surface area contributed by atoms with Gasteiger partial charge in [-0.1, -0.05) is 62.5 Å². The minimum atomic E-state index is 0.363. The quantitative estimate of drug-likeness (QED) is 0.671. The second-order valence-corrected chi connectivity index (χ2v) is 6.06. The Hall–Kier alpha value is -1.78. The summed E-state index contributed by atoms with van der Waals surface area (Å²) in [7, 11) is 0. The Bertz CT molecular complexity index is 814. The minimum absolute atomic E-state index is 0.363.